The molecule has 0 spiro atoms. The topological polar surface area (TPSA) is 52.6 Å². The lowest BCUT2D eigenvalue weighted by Gasteiger charge is -2.53. The first-order chi connectivity index (χ1) is 14.5. The molecule has 4 heteroatoms. The molecule has 0 N–H and O–H groups in total. The van der Waals surface area contributed by atoms with Crippen molar-refractivity contribution in [1.29, 1.82) is 0 Å². The molecule has 9 atom stereocenters. The standard InChI is InChI=1S/C26H32O4/c1-14-22-12-23(30-25(14)28)20(13-29-22)18-9-8-17-16(18)10-11-21-19(17)7-6-15-4-3-5-24(27)26(15,21)2/h3,5-6,16-23H,1,4,7-13H2,2H3/t16-,17+,18-,19-,20-,21-,22+,23+,26-/m0/s1. The Morgan fingerprint density at radius 2 is 1.77 bits per heavy atom. The number of esters is 1. The first kappa shape index (κ1) is 19.0. The van der Waals surface area contributed by atoms with Crippen molar-refractivity contribution in [1.82, 2.24) is 0 Å². The smallest absolute Gasteiger partial charge is 0.336 e. The van der Waals surface area contributed by atoms with Gasteiger partial charge in [0.2, 0.25) is 0 Å². The monoisotopic (exact) mass is 408 g/mol. The predicted octanol–water partition coefficient (Wildman–Crippen LogP) is 4.41. The predicted molar refractivity (Wildman–Crippen MR) is 112 cm³/mol. The van der Waals surface area contributed by atoms with Gasteiger partial charge in [0.05, 0.1) is 23.7 Å². The number of carbonyl (C=O) groups is 2. The number of hydrogen-bond donors (Lipinski definition) is 0. The van der Waals surface area contributed by atoms with Crippen LogP contribution in [0.2, 0.25) is 0 Å². The summed E-state index contributed by atoms with van der Waals surface area (Å²) in [6, 6.07) is 0. The van der Waals surface area contributed by atoms with Crippen molar-refractivity contribution < 1.29 is 19.1 Å². The van der Waals surface area contributed by atoms with E-state index in [1.165, 1.54) is 24.8 Å². The van der Waals surface area contributed by atoms with Crippen molar-refractivity contribution >= 4 is 11.8 Å². The molecule has 0 aromatic carbocycles. The highest BCUT2D eigenvalue weighted by Crippen LogP contribution is 2.62. The number of allylic oxidation sites excluding steroid dienone is 4. The van der Waals surface area contributed by atoms with E-state index in [4.69, 9.17) is 9.47 Å². The minimum atomic E-state index is -0.277. The van der Waals surface area contributed by atoms with E-state index in [1.54, 1.807) is 0 Å². The van der Waals surface area contributed by atoms with E-state index in [1.807, 2.05) is 12.2 Å². The molecule has 2 aliphatic heterocycles. The summed E-state index contributed by atoms with van der Waals surface area (Å²) in [5.41, 5.74) is 1.57. The fraction of sp³-hybridized carbons (Fsp3) is 0.692. The van der Waals surface area contributed by atoms with E-state index in [9.17, 15) is 9.59 Å². The molecule has 0 radical (unpaired) electrons. The number of rotatable bonds is 1. The van der Waals surface area contributed by atoms with Gasteiger partial charge >= 0.3 is 5.97 Å². The van der Waals surface area contributed by atoms with Crippen molar-refractivity contribution in [2.24, 2.45) is 40.9 Å². The van der Waals surface area contributed by atoms with Gasteiger partial charge in [-0.15, -0.1) is 0 Å². The number of ether oxygens (including phenoxy) is 2. The lowest BCUT2D eigenvalue weighted by atomic mass is 9.50. The van der Waals surface area contributed by atoms with Gasteiger partial charge in [-0.2, -0.15) is 0 Å². The summed E-state index contributed by atoms with van der Waals surface area (Å²) in [4.78, 5) is 25.2. The molecule has 30 heavy (non-hydrogen) atoms. The molecule has 0 aromatic heterocycles. The van der Waals surface area contributed by atoms with Crippen LogP contribution in [0.15, 0.2) is 36.0 Å². The van der Waals surface area contributed by atoms with Crippen molar-refractivity contribution in [2.75, 3.05) is 6.61 Å². The second-order valence-corrected chi connectivity index (χ2v) is 10.7. The zero-order valence-corrected chi connectivity index (χ0v) is 17.8. The van der Waals surface area contributed by atoms with Gasteiger partial charge in [0.1, 0.15) is 6.10 Å². The van der Waals surface area contributed by atoms with E-state index in [-0.39, 0.29) is 23.6 Å². The van der Waals surface area contributed by atoms with Crippen LogP contribution in [0.4, 0.5) is 0 Å². The third-order valence-corrected chi connectivity index (χ3v) is 9.85. The highest BCUT2D eigenvalue weighted by Gasteiger charge is 2.57. The Morgan fingerprint density at radius 1 is 1.03 bits per heavy atom. The quantitative estimate of drug-likeness (QED) is 0.366. The van der Waals surface area contributed by atoms with Crippen LogP contribution < -0.4 is 0 Å². The van der Waals surface area contributed by atoms with Gasteiger partial charge in [-0.3, -0.25) is 4.79 Å². The Bertz CT molecular complexity index is 868. The van der Waals surface area contributed by atoms with Crippen molar-refractivity contribution in [2.45, 2.75) is 64.1 Å². The molecular weight excluding hydrogens is 376 g/mol. The maximum Gasteiger partial charge on any atom is 0.336 e. The SMILES string of the molecule is C=C1C(=O)O[C@@H]2C[C@H]1OC[C@H]2[C@H]1CC[C@@H]2[C@@H]1CC[C@H]1[C@H]2CC=C2CC=CC(=O)[C@@]21C. The van der Waals surface area contributed by atoms with Gasteiger partial charge in [0, 0.05) is 12.3 Å². The van der Waals surface area contributed by atoms with Crippen LogP contribution in [-0.2, 0) is 19.1 Å². The van der Waals surface area contributed by atoms with Crippen LogP contribution in [0.25, 0.3) is 0 Å². The molecule has 6 aliphatic rings. The van der Waals surface area contributed by atoms with Gasteiger partial charge in [-0.05, 0) is 81.1 Å². The molecule has 2 heterocycles. The minimum Gasteiger partial charge on any atom is -0.458 e. The fourth-order valence-corrected chi connectivity index (χ4v) is 8.30. The summed E-state index contributed by atoms with van der Waals surface area (Å²) in [6.45, 7) is 6.77. The molecule has 4 aliphatic carbocycles. The summed E-state index contributed by atoms with van der Waals surface area (Å²) in [5, 5.41) is 0. The second kappa shape index (κ2) is 6.66. The zero-order chi connectivity index (χ0) is 20.6. The van der Waals surface area contributed by atoms with Crippen LogP contribution >= 0.6 is 0 Å². The highest BCUT2D eigenvalue weighted by molar-refractivity contribution is 5.98. The Labute approximate surface area is 178 Å². The van der Waals surface area contributed by atoms with Gasteiger partial charge in [0.25, 0.3) is 0 Å². The Hall–Kier alpha value is -1.68. The fourth-order valence-electron chi connectivity index (χ4n) is 8.30. The molecule has 4 fully saturated rings. The van der Waals surface area contributed by atoms with Gasteiger partial charge in [0.15, 0.2) is 5.78 Å². The molecule has 2 saturated carbocycles. The normalized spacial score (nSPS) is 49.6. The van der Waals surface area contributed by atoms with Gasteiger partial charge in [-0.25, -0.2) is 4.79 Å². The number of carbonyl (C=O) groups excluding carboxylic acids is 2. The number of ketones is 1. The lowest BCUT2D eigenvalue weighted by Crippen LogP contribution is -2.52. The molecule has 0 aromatic rings. The van der Waals surface area contributed by atoms with Crippen molar-refractivity contribution in [3.63, 3.8) is 0 Å². The molecule has 2 saturated heterocycles. The molecule has 0 amide bonds. The maximum atomic E-state index is 13.0. The number of fused-ring (bicyclic) bond motifs is 7. The zero-order valence-electron chi connectivity index (χ0n) is 17.8. The summed E-state index contributed by atoms with van der Waals surface area (Å²) in [5.74, 6) is 3.41. The summed E-state index contributed by atoms with van der Waals surface area (Å²) >= 11 is 0. The van der Waals surface area contributed by atoms with Crippen LogP contribution in [0, 0.1) is 40.9 Å². The summed E-state index contributed by atoms with van der Waals surface area (Å²) < 4.78 is 11.9. The third-order valence-electron chi connectivity index (χ3n) is 9.85. The number of hydrogen-bond acceptors (Lipinski definition) is 4. The first-order valence-electron chi connectivity index (χ1n) is 11.9. The summed E-state index contributed by atoms with van der Waals surface area (Å²) in [6.07, 6.45) is 13.8. The maximum absolute atomic E-state index is 13.0. The average Bonchev–Trinajstić information content (AvgIpc) is 3.17. The summed E-state index contributed by atoms with van der Waals surface area (Å²) in [7, 11) is 0. The molecule has 160 valence electrons. The van der Waals surface area contributed by atoms with Crippen LogP contribution in [-0.4, -0.2) is 30.6 Å². The van der Waals surface area contributed by atoms with Crippen LogP contribution in [0.3, 0.4) is 0 Å². The molecule has 2 bridgehead atoms. The average molecular weight is 409 g/mol. The van der Waals surface area contributed by atoms with E-state index in [0.29, 0.717) is 53.5 Å². The van der Waals surface area contributed by atoms with Crippen LogP contribution in [0.5, 0.6) is 0 Å². The van der Waals surface area contributed by atoms with Crippen molar-refractivity contribution in [3.8, 4) is 0 Å². The molecule has 4 nitrogen and oxygen atoms in total. The lowest BCUT2D eigenvalue weighted by molar-refractivity contribution is -0.177. The highest BCUT2D eigenvalue weighted by atomic mass is 16.6. The van der Waals surface area contributed by atoms with E-state index < -0.39 is 0 Å². The largest absolute Gasteiger partial charge is 0.458 e. The van der Waals surface area contributed by atoms with E-state index in [2.05, 4.69) is 19.6 Å². The first-order valence-corrected chi connectivity index (χ1v) is 11.9. The molecule has 6 rings (SSSR count). The second-order valence-electron chi connectivity index (χ2n) is 10.7. The molecular formula is C26H32O4. The Morgan fingerprint density at radius 3 is 2.60 bits per heavy atom. The van der Waals surface area contributed by atoms with Crippen LogP contribution in [0.1, 0.15) is 51.9 Å². The van der Waals surface area contributed by atoms with Crippen molar-refractivity contribution in [3.05, 3.63) is 36.0 Å². The minimum absolute atomic E-state index is 0.0105. The van der Waals surface area contributed by atoms with E-state index in [0.717, 1.165) is 25.7 Å². The Kier molecular flexibility index (Phi) is 4.22. The Balaban J connectivity index is 1.24. The van der Waals surface area contributed by atoms with Gasteiger partial charge in [-0.1, -0.05) is 24.3 Å². The molecule has 0 unspecified atom stereocenters. The van der Waals surface area contributed by atoms with Gasteiger partial charge < -0.3 is 9.47 Å². The third kappa shape index (κ3) is 2.49. The van der Waals surface area contributed by atoms with E-state index >= 15 is 0 Å².